The number of hydrogen-bond acceptors (Lipinski definition) is 2. The molecule has 0 aliphatic rings. The van der Waals surface area contributed by atoms with E-state index in [2.05, 4.69) is 7.84 Å². The maximum atomic E-state index is 9.74. The summed E-state index contributed by atoms with van der Waals surface area (Å²) in [4.78, 5) is 12.2. The summed E-state index contributed by atoms with van der Waals surface area (Å²) in [6, 6.07) is 0. The molecule has 0 amide bonds. The molecule has 0 heterocycles. The van der Waals surface area contributed by atoms with Crippen molar-refractivity contribution in [1.82, 2.24) is 0 Å². The molecule has 5 nitrogen and oxygen atoms in total. The van der Waals surface area contributed by atoms with Gasteiger partial charge in [-0.1, -0.05) is 0 Å². The van der Waals surface area contributed by atoms with E-state index in [1.807, 2.05) is 0 Å². The third-order valence-corrected chi connectivity index (χ3v) is 3.03. The van der Waals surface area contributed by atoms with Gasteiger partial charge in [0.15, 0.2) is 0 Å². The van der Waals surface area contributed by atoms with Crippen molar-refractivity contribution in [2.45, 2.75) is 3.98 Å². The third-order valence-electron chi connectivity index (χ3n) is 0.346. The third kappa shape index (κ3) is 5.70. The number of azide groups is 1. The molecular weight excluding hydrogens is 305 g/mol. The first-order valence-electron chi connectivity index (χ1n) is 1.76. The normalized spacial score (nSPS) is 7.50. The van der Waals surface area contributed by atoms with E-state index in [4.69, 9.17) is 10.6 Å². The summed E-state index contributed by atoms with van der Waals surface area (Å²) in [6.45, 7) is 0. The van der Waals surface area contributed by atoms with Gasteiger partial charge in [-0.05, 0) is 0 Å². The summed E-state index contributed by atoms with van der Waals surface area (Å²) in [5, 5.41) is 8.01. The zero-order valence-corrected chi connectivity index (χ0v) is 7.79. The molecule has 0 unspecified atom stereocenters. The van der Waals surface area contributed by atoms with Gasteiger partial charge in [-0.25, -0.2) is 0 Å². The van der Waals surface area contributed by atoms with E-state index in [-0.39, 0.29) is 3.98 Å². The quantitative estimate of drug-likeness (QED) is 0.354. The number of hydrogen-bond donors (Lipinski definition) is 1. The molecule has 2 radical (unpaired) electrons. The van der Waals surface area contributed by atoms with Crippen molar-refractivity contribution in [1.29, 1.82) is 0 Å². The monoisotopic (exact) mass is 309 g/mol. The molecule has 0 aromatic rings. The van der Waals surface area contributed by atoms with E-state index >= 15 is 0 Å². The Morgan fingerprint density at radius 3 is 3.00 bits per heavy atom. The SMILES string of the molecule is [N-]=[N+]=[N][Pb][CH2]C(=O)O. The average Bonchev–Trinajstić information content (AvgIpc) is 1.66. The van der Waals surface area contributed by atoms with Crippen LogP contribution in [0, 0.1) is 0 Å². The number of rotatable bonds is 3. The average molecular weight is 308 g/mol. The van der Waals surface area contributed by atoms with Crippen LogP contribution >= 0.6 is 0 Å². The second-order valence-electron chi connectivity index (χ2n) is 0.918. The van der Waals surface area contributed by atoms with Gasteiger partial charge in [0.2, 0.25) is 0 Å². The van der Waals surface area contributed by atoms with E-state index in [1.54, 1.807) is 0 Å². The number of aliphatic carboxylic acids is 1. The maximum absolute atomic E-state index is 9.74. The van der Waals surface area contributed by atoms with Gasteiger partial charge < -0.3 is 0 Å². The van der Waals surface area contributed by atoms with Crippen molar-refractivity contribution in [3.63, 3.8) is 0 Å². The first kappa shape index (κ1) is 7.70. The van der Waals surface area contributed by atoms with Gasteiger partial charge in [-0.3, -0.25) is 0 Å². The van der Waals surface area contributed by atoms with E-state index in [1.165, 1.54) is 0 Å². The summed E-state index contributed by atoms with van der Waals surface area (Å²) in [5.41, 5.74) is 7.69. The summed E-state index contributed by atoms with van der Waals surface area (Å²) >= 11 is -1.45. The van der Waals surface area contributed by atoms with E-state index in [0.29, 0.717) is 0 Å². The number of carbonyl (C=O) groups is 1. The molecule has 0 atom stereocenters. The fourth-order valence-corrected chi connectivity index (χ4v) is 1.18. The molecule has 0 bridgehead atoms. The van der Waals surface area contributed by atoms with Crippen molar-refractivity contribution < 1.29 is 9.90 Å². The van der Waals surface area contributed by atoms with Crippen molar-refractivity contribution in [3.05, 3.63) is 10.4 Å². The molecular formula is C2H3N3O2Pb. The molecule has 42 valence electrons. The minimum absolute atomic E-state index is 0.101. The second-order valence-corrected chi connectivity index (χ2v) is 4.30. The minimum atomic E-state index is -1.45. The predicted molar refractivity (Wildman–Crippen MR) is 27.3 cm³/mol. The van der Waals surface area contributed by atoms with Crippen molar-refractivity contribution >= 4 is 30.5 Å². The molecule has 0 aliphatic carbocycles. The zero-order chi connectivity index (χ0) is 6.41. The number of nitrogens with zero attached hydrogens (tertiary/aromatic N) is 3. The van der Waals surface area contributed by atoms with Crippen LogP contribution in [0.4, 0.5) is 0 Å². The zero-order valence-electron chi connectivity index (χ0n) is 3.90. The van der Waals surface area contributed by atoms with Gasteiger partial charge in [-0.15, -0.1) is 0 Å². The van der Waals surface area contributed by atoms with Crippen LogP contribution in [0.25, 0.3) is 10.4 Å². The Bertz CT molecular complexity index is 127. The first-order valence-corrected chi connectivity index (χ1v) is 6.25. The van der Waals surface area contributed by atoms with Crippen molar-refractivity contribution in [2.24, 2.45) is 2.92 Å². The molecule has 0 aliphatic heterocycles. The Morgan fingerprint density at radius 1 is 2.00 bits per heavy atom. The van der Waals surface area contributed by atoms with Gasteiger partial charge in [0, 0.05) is 0 Å². The second kappa shape index (κ2) is 4.85. The van der Waals surface area contributed by atoms with E-state index < -0.39 is 30.5 Å². The van der Waals surface area contributed by atoms with Crippen molar-refractivity contribution in [2.75, 3.05) is 0 Å². The van der Waals surface area contributed by atoms with Gasteiger partial charge in [0.25, 0.3) is 0 Å². The molecule has 0 rings (SSSR count). The Hall–Kier alpha value is -0.298. The topological polar surface area (TPSA) is 86.1 Å². The predicted octanol–water partition coefficient (Wildman–Crippen LogP) is 0.419. The first-order chi connectivity index (χ1) is 3.77. The fraction of sp³-hybridized carbons (Fsp3) is 0.500. The van der Waals surface area contributed by atoms with Gasteiger partial charge in [0.1, 0.15) is 0 Å². The Labute approximate surface area is 58.0 Å². The van der Waals surface area contributed by atoms with Gasteiger partial charge in [-0.2, -0.15) is 0 Å². The van der Waals surface area contributed by atoms with Crippen LogP contribution in [0.15, 0.2) is 2.92 Å². The number of carboxylic acids is 1. The molecule has 0 spiro atoms. The molecule has 6 heteroatoms. The molecule has 0 aromatic carbocycles. The van der Waals surface area contributed by atoms with Crippen LogP contribution in [0.3, 0.4) is 0 Å². The van der Waals surface area contributed by atoms with Gasteiger partial charge >= 0.3 is 57.8 Å². The van der Waals surface area contributed by atoms with Crippen LogP contribution in [0.1, 0.15) is 0 Å². The Morgan fingerprint density at radius 2 is 2.62 bits per heavy atom. The molecule has 8 heavy (non-hydrogen) atoms. The van der Waals surface area contributed by atoms with Gasteiger partial charge in [0.05, 0.1) is 0 Å². The van der Waals surface area contributed by atoms with Crippen LogP contribution < -0.4 is 0 Å². The Kier molecular flexibility index (Phi) is 4.67. The van der Waals surface area contributed by atoms with E-state index in [0.717, 1.165) is 0 Å². The standard InChI is InChI=1S/C2H3O2.N3.Pb/c1-2(3)4;1-3-2;/h1H2,(H,3,4);;/q;-1;+1. The molecule has 0 aromatic heterocycles. The molecule has 0 saturated heterocycles. The van der Waals surface area contributed by atoms with Crippen LogP contribution in [-0.4, -0.2) is 35.6 Å². The van der Waals surface area contributed by atoms with Crippen LogP contribution in [-0.2, 0) is 4.79 Å². The van der Waals surface area contributed by atoms with Crippen LogP contribution in [0.2, 0.25) is 3.98 Å². The molecule has 0 saturated carbocycles. The summed E-state index contributed by atoms with van der Waals surface area (Å²) in [7, 11) is 0. The fourth-order valence-electron chi connectivity index (χ4n) is 0.135. The number of carboxylic acid groups (broad SMARTS) is 1. The summed E-state index contributed by atoms with van der Waals surface area (Å²) < 4.78 is 3.31. The molecule has 1 N–H and O–H groups in total. The van der Waals surface area contributed by atoms with Crippen LogP contribution in [0.5, 0.6) is 0 Å². The summed E-state index contributed by atoms with van der Waals surface area (Å²) in [6.07, 6.45) is 0. The van der Waals surface area contributed by atoms with E-state index in [9.17, 15) is 4.79 Å². The Balaban J connectivity index is 3.18. The summed E-state index contributed by atoms with van der Waals surface area (Å²) in [5.74, 6) is -0.860. The molecule has 0 fully saturated rings. The van der Waals surface area contributed by atoms with Crippen molar-refractivity contribution in [3.8, 4) is 0 Å².